The van der Waals surface area contributed by atoms with Gasteiger partial charge in [0.15, 0.2) is 0 Å². The van der Waals surface area contributed by atoms with E-state index in [1.807, 2.05) is 0 Å². The highest BCUT2D eigenvalue weighted by atomic mass is 35.5. The smallest absolute Gasteiger partial charge is 0.272 e. The molecule has 2 aromatic rings. The molecular weight excluding hydrogens is 272 g/mol. The predicted octanol–water partition coefficient (Wildman–Crippen LogP) is 3.62. The summed E-state index contributed by atoms with van der Waals surface area (Å²) in [6.45, 7) is 4.67. The van der Waals surface area contributed by atoms with Gasteiger partial charge < -0.3 is 4.90 Å². The van der Waals surface area contributed by atoms with Crippen molar-refractivity contribution in [2.75, 3.05) is 7.05 Å². The third kappa shape index (κ3) is 3.36. The van der Waals surface area contributed by atoms with Crippen molar-refractivity contribution in [1.29, 1.82) is 0 Å². The van der Waals surface area contributed by atoms with Gasteiger partial charge in [0.05, 0.1) is 0 Å². The highest BCUT2D eigenvalue weighted by Crippen LogP contribution is 2.15. The highest BCUT2D eigenvalue weighted by Gasteiger charge is 2.14. The molecule has 0 saturated carbocycles. The molecule has 104 valence electrons. The van der Waals surface area contributed by atoms with Crippen LogP contribution in [0, 0.1) is 13.8 Å². The number of pyridine rings is 1. The summed E-state index contributed by atoms with van der Waals surface area (Å²) in [5.74, 6) is -0.132. The van der Waals surface area contributed by atoms with Gasteiger partial charge >= 0.3 is 0 Å². The van der Waals surface area contributed by atoms with E-state index < -0.39 is 0 Å². The van der Waals surface area contributed by atoms with Crippen LogP contribution in [0.15, 0.2) is 36.5 Å². The molecule has 0 unspecified atom stereocenters. The molecular formula is C16H17ClN2O. The van der Waals surface area contributed by atoms with E-state index in [9.17, 15) is 4.79 Å². The van der Waals surface area contributed by atoms with E-state index in [0.717, 1.165) is 5.56 Å². The summed E-state index contributed by atoms with van der Waals surface area (Å²) >= 11 is 5.89. The van der Waals surface area contributed by atoms with Gasteiger partial charge in [-0.1, -0.05) is 35.4 Å². The third-order valence-corrected chi connectivity index (χ3v) is 3.43. The van der Waals surface area contributed by atoms with E-state index in [4.69, 9.17) is 11.6 Å². The Morgan fingerprint density at radius 2 is 2.00 bits per heavy atom. The van der Waals surface area contributed by atoms with Gasteiger partial charge in [-0.15, -0.1) is 0 Å². The van der Waals surface area contributed by atoms with Crippen molar-refractivity contribution >= 4 is 17.5 Å². The van der Waals surface area contributed by atoms with Crippen molar-refractivity contribution < 1.29 is 4.79 Å². The summed E-state index contributed by atoms with van der Waals surface area (Å²) in [6.07, 6.45) is 1.54. The maximum absolute atomic E-state index is 12.3. The van der Waals surface area contributed by atoms with Gasteiger partial charge in [0.25, 0.3) is 5.91 Å². The number of aromatic nitrogens is 1. The van der Waals surface area contributed by atoms with Crippen LogP contribution < -0.4 is 0 Å². The highest BCUT2D eigenvalue weighted by molar-refractivity contribution is 6.30. The van der Waals surface area contributed by atoms with Crippen LogP contribution in [0.3, 0.4) is 0 Å². The van der Waals surface area contributed by atoms with Gasteiger partial charge in [-0.25, -0.2) is 0 Å². The zero-order chi connectivity index (χ0) is 14.7. The minimum absolute atomic E-state index is 0.132. The van der Waals surface area contributed by atoms with E-state index in [1.165, 1.54) is 11.1 Å². The average molecular weight is 289 g/mol. The van der Waals surface area contributed by atoms with Crippen molar-refractivity contribution in [2.24, 2.45) is 0 Å². The van der Waals surface area contributed by atoms with Gasteiger partial charge in [-0.2, -0.15) is 0 Å². The first-order valence-electron chi connectivity index (χ1n) is 6.40. The second-order valence-electron chi connectivity index (χ2n) is 4.95. The molecule has 20 heavy (non-hydrogen) atoms. The molecule has 0 radical (unpaired) electrons. The number of benzene rings is 1. The molecule has 1 aromatic heterocycles. The first-order chi connectivity index (χ1) is 9.47. The molecule has 0 bridgehead atoms. The van der Waals surface area contributed by atoms with E-state index in [-0.39, 0.29) is 5.91 Å². The predicted molar refractivity (Wildman–Crippen MR) is 81.0 cm³/mol. The van der Waals surface area contributed by atoms with Crippen LogP contribution in [0.1, 0.15) is 27.2 Å². The van der Waals surface area contributed by atoms with Crippen LogP contribution in [0.4, 0.5) is 0 Å². The Hall–Kier alpha value is -1.87. The SMILES string of the molecule is Cc1ccc(CN(C)C(=O)c2cc(Cl)ccn2)c(C)c1. The minimum atomic E-state index is -0.132. The van der Waals surface area contributed by atoms with Crippen LogP contribution in [-0.2, 0) is 6.54 Å². The number of carbonyl (C=O) groups is 1. The fraction of sp³-hybridized carbons (Fsp3) is 0.250. The number of carbonyl (C=O) groups excluding carboxylic acids is 1. The van der Waals surface area contributed by atoms with Crippen molar-refractivity contribution in [2.45, 2.75) is 20.4 Å². The molecule has 0 fully saturated rings. The van der Waals surface area contributed by atoms with E-state index in [2.05, 4.69) is 37.0 Å². The normalized spacial score (nSPS) is 10.4. The summed E-state index contributed by atoms with van der Waals surface area (Å²) in [6, 6.07) is 9.47. The number of nitrogens with zero attached hydrogens (tertiary/aromatic N) is 2. The topological polar surface area (TPSA) is 33.2 Å². The number of amides is 1. The monoisotopic (exact) mass is 288 g/mol. The number of halogens is 1. The quantitative estimate of drug-likeness (QED) is 0.864. The zero-order valence-electron chi connectivity index (χ0n) is 11.9. The Morgan fingerprint density at radius 3 is 2.65 bits per heavy atom. The minimum Gasteiger partial charge on any atom is -0.336 e. The lowest BCUT2D eigenvalue weighted by molar-refractivity contribution is 0.0779. The molecule has 0 aliphatic rings. The summed E-state index contributed by atoms with van der Waals surface area (Å²) in [4.78, 5) is 18.0. The molecule has 1 aromatic carbocycles. The fourth-order valence-electron chi connectivity index (χ4n) is 2.07. The van der Waals surface area contributed by atoms with Gasteiger partial charge in [-0.05, 0) is 37.1 Å². The molecule has 2 rings (SSSR count). The van der Waals surface area contributed by atoms with Crippen LogP contribution in [0.5, 0.6) is 0 Å². The Labute approximate surface area is 124 Å². The Balaban J connectivity index is 2.15. The summed E-state index contributed by atoms with van der Waals surface area (Å²) < 4.78 is 0. The fourth-order valence-corrected chi connectivity index (χ4v) is 2.23. The van der Waals surface area contributed by atoms with Crippen molar-refractivity contribution in [3.05, 3.63) is 63.9 Å². The van der Waals surface area contributed by atoms with Crippen LogP contribution in [0.25, 0.3) is 0 Å². The average Bonchev–Trinajstić information content (AvgIpc) is 2.41. The number of hydrogen-bond acceptors (Lipinski definition) is 2. The van der Waals surface area contributed by atoms with Gasteiger partial charge in [0.1, 0.15) is 5.69 Å². The summed E-state index contributed by atoms with van der Waals surface area (Å²) in [5.41, 5.74) is 3.90. The molecule has 1 heterocycles. The summed E-state index contributed by atoms with van der Waals surface area (Å²) in [7, 11) is 1.77. The van der Waals surface area contributed by atoms with Crippen molar-refractivity contribution in [3.63, 3.8) is 0 Å². The molecule has 0 saturated heterocycles. The van der Waals surface area contributed by atoms with E-state index >= 15 is 0 Å². The molecule has 1 amide bonds. The van der Waals surface area contributed by atoms with Crippen LogP contribution in [0.2, 0.25) is 5.02 Å². The Morgan fingerprint density at radius 1 is 1.25 bits per heavy atom. The molecule has 0 N–H and O–H groups in total. The number of aryl methyl sites for hydroxylation is 2. The van der Waals surface area contributed by atoms with Crippen molar-refractivity contribution in [1.82, 2.24) is 9.88 Å². The molecule has 0 aliphatic carbocycles. The second kappa shape index (κ2) is 6.06. The largest absolute Gasteiger partial charge is 0.336 e. The van der Waals surface area contributed by atoms with Gasteiger partial charge in [-0.3, -0.25) is 9.78 Å². The zero-order valence-corrected chi connectivity index (χ0v) is 12.6. The maximum atomic E-state index is 12.3. The lowest BCUT2D eigenvalue weighted by Gasteiger charge is -2.18. The molecule has 0 spiro atoms. The number of rotatable bonds is 3. The van der Waals surface area contributed by atoms with E-state index in [1.54, 1.807) is 30.3 Å². The molecule has 0 aliphatic heterocycles. The summed E-state index contributed by atoms with van der Waals surface area (Å²) in [5, 5.41) is 0.517. The third-order valence-electron chi connectivity index (χ3n) is 3.19. The lowest BCUT2D eigenvalue weighted by atomic mass is 10.1. The standard InChI is InChI=1S/C16H17ClN2O/c1-11-4-5-13(12(2)8-11)10-19(3)16(20)15-9-14(17)6-7-18-15/h4-9H,10H2,1-3H3. The van der Waals surface area contributed by atoms with Crippen molar-refractivity contribution in [3.8, 4) is 0 Å². The van der Waals surface area contributed by atoms with Gasteiger partial charge in [0, 0.05) is 24.8 Å². The first-order valence-corrected chi connectivity index (χ1v) is 6.78. The van der Waals surface area contributed by atoms with Crippen LogP contribution in [-0.4, -0.2) is 22.8 Å². The molecule has 3 nitrogen and oxygen atoms in total. The Bertz CT molecular complexity index is 640. The number of hydrogen-bond donors (Lipinski definition) is 0. The molecule has 0 atom stereocenters. The first kappa shape index (κ1) is 14.5. The Kier molecular flexibility index (Phi) is 4.40. The molecule has 4 heteroatoms. The van der Waals surface area contributed by atoms with Crippen LogP contribution >= 0.6 is 11.6 Å². The lowest BCUT2D eigenvalue weighted by Crippen LogP contribution is -2.27. The maximum Gasteiger partial charge on any atom is 0.272 e. The van der Waals surface area contributed by atoms with E-state index in [0.29, 0.717) is 17.3 Å². The van der Waals surface area contributed by atoms with Gasteiger partial charge in [0.2, 0.25) is 0 Å². The second-order valence-corrected chi connectivity index (χ2v) is 5.39.